The molecule has 2 aromatic carbocycles. The molecule has 1 aromatic heterocycles. The van der Waals surface area contributed by atoms with Gasteiger partial charge < -0.3 is 14.6 Å². The van der Waals surface area contributed by atoms with Gasteiger partial charge in [0.15, 0.2) is 6.61 Å². The molecule has 0 radical (unpaired) electrons. The van der Waals surface area contributed by atoms with Gasteiger partial charge in [-0.1, -0.05) is 29.4 Å². The molecule has 0 aliphatic heterocycles. The second-order valence-electron chi connectivity index (χ2n) is 5.94. The van der Waals surface area contributed by atoms with E-state index in [1.165, 1.54) is 6.07 Å². The summed E-state index contributed by atoms with van der Waals surface area (Å²) in [4.78, 5) is 15.9. The topological polar surface area (TPSA) is 77.2 Å². The molecule has 7 heteroatoms. The molecular weight excluding hydrogens is 337 g/mol. The van der Waals surface area contributed by atoms with Crippen LogP contribution < -0.4 is 10.1 Å². The van der Waals surface area contributed by atoms with E-state index in [1.54, 1.807) is 42.5 Å². The second-order valence-corrected chi connectivity index (χ2v) is 5.94. The summed E-state index contributed by atoms with van der Waals surface area (Å²) in [5, 5.41) is 6.64. The van der Waals surface area contributed by atoms with Crippen molar-refractivity contribution in [3.8, 4) is 28.6 Å². The van der Waals surface area contributed by atoms with Gasteiger partial charge in [-0.15, -0.1) is 0 Å². The molecule has 1 N–H and O–H groups in total. The molecule has 134 valence electrons. The summed E-state index contributed by atoms with van der Waals surface area (Å²) in [6.07, 6.45) is 0. The zero-order valence-electron chi connectivity index (χ0n) is 14.4. The lowest BCUT2D eigenvalue weighted by atomic mass is 10.2. The van der Waals surface area contributed by atoms with E-state index in [-0.39, 0.29) is 30.0 Å². The van der Waals surface area contributed by atoms with Gasteiger partial charge in [-0.2, -0.15) is 4.98 Å². The lowest BCUT2D eigenvalue weighted by Gasteiger charge is -2.10. The number of rotatable bonds is 6. The van der Waals surface area contributed by atoms with Crippen molar-refractivity contribution in [1.29, 1.82) is 0 Å². The van der Waals surface area contributed by atoms with Crippen LogP contribution in [0, 0.1) is 5.82 Å². The Morgan fingerprint density at radius 3 is 2.81 bits per heavy atom. The van der Waals surface area contributed by atoms with Crippen LogP contribution in [0.2, 0.25) is 0 Å². The van der Waals surface area contributed by atoms with Gasteiger partial charge in [0.1, 0.15) is 11.6 Å². The van der Waals surface area contributed by atoms with Crippen LogP contribution in [0.1, 0.15) is 13.8 Å². The Morgan fingerprint density at radius 1 is 1.23 bits per heavy atom. The van der Waals surface area contributed by atoms with Crippen LogP contribution in [0.4, 0.5) is 4.39 Å². The highest BCUT2D eigenvalue weighted by molar-refractivity contribution is 5.77. The monoisotopic (exact) mass is 355 g/mol. The van der Waals surface area contributed by atoms with E-state index in [9.17, 15) is 9.18 Å². The van der Waals surface area contributed by atoms with Crippen molar-refractivity contribution in [2.45, 2.75) is 19.9 Å². The first-order chi connectivity index (χ1) is 12.5. The van der Waals surface area contributed by atoms with Gasteiger partial charge >= 0.3 is 0 Å². The second kappa shape index (κ2) is 7.77. The zero-order valence-corrected chi connectivity index (χ0v) is 14.4. The summed E-state index contributed by atoms with van der Waals surface area (Å²) in [5.74, 6) is 0.266. The van der Waals surface area contributed by atoms with Crippen LogP contribution in [0.15, 0.2) is 53.1 Å². The first kappa shape index (κ1) is 17.6. The summed E-state index contributed by atoms with van der Waals surface area (Å²) in [6.45, 7) is 3.66. The van der Waals surface area contributed by atoms with Crippen molar-refractivity contribution in [1.82, 2.24) is 15.5 Å². The molecule has 3 rings (SSSR count). The summed E-state index contributed by atoms with van der Waals surface area (Å²) < 4.78 is 24.5. The number of hydrogen-bond donors (Lipinski definition) is 1. The predicted octanol–water partition coefficient (Wildman–Crippen LogP) is 3.45. The zero-order chi connectivity index (χ0) is 18.5. The molecule has 6 nitrogen and oxygen atoms in total. The van der Waals surface area contributed by atoms with Crippen LogP contribution in [0.25, 0.3) is 22.8 Å². The summed E-state index contributed by atoms with van der Waals surface area (Å²) >= 11 is 0. The summed E-state index contributed by atoms with van der Waals surface area (Å²) in [5.41, 5.74) is 0.877. The minimum Gasteiger partial charge on any atom is -0.484 e. The van der Waals surface area contributed by atoms with E-state index >= 15 is 0 Å². The molecule has 0 bridgehead atoms. The fourth-order valence-electron chi connectivity index (χ4n) is 2.32. The number of carbonyl (C=O) groups is 1. The Hall–Kier alpha value is -3.22. The van der Waals surface area contributed by atoms with Crippen molar-refractivity contribution in [3.05, 3.63) is 54.3 Å². The third-order valence-corrected chi connectivity index (χ3v) is 3.44. The molecule has 0 fully saturated rings. The number of ether oxygens (including phenoxy) is 1. The molecule has 0 aliphatic rings. The van der Waals surface area contributed by atoms with Crippen LogP contribution in [0.5, 0.6) is 5.75 Å². The molecule has 0 unspecified atom stereocenters. The van der Waals surface area contributed by atoms with E-state index in [0.29, 0.717) is 17.1 Å². The third-order valence-electron chi connectivity index (χ3n) is 3.44. The number of nitrogens with zero attached hydrogens (tertiary/aromatic N) is 2. The Labute approximate surface area is 150 Å². The van der Waals surface area contributed by atoms with E-state index in [4.69, 9.17) is 9.26 Å². The highest BCUT2D eigenvalue weighted by Crippen LogP contribution is 2.26. The number of hydrogen-bond acceptors (Lipinski definition) is 5. The molecule has 1 amide bonds. The number of aromatic nitrogens is 2. The smallest absolute Gasteiger partial charge is 0.261 e. The fraction of sp³-hybridized carbons (Fsp3) is 0.211. The van der Waals surface area contributed by atoms with Crippen molar-refractivity contribution < 1.29 is 18.4 Å². The highest BCUT2D eigenvalue weighted by atomic mass is 19.1. The fourth-order valence-corrected chi connectivity index (χ4v) is 2.32. The van der Waals surface area contributed by atoms with Crippen molar-refractivity contribution in [2.24, 2.45) is 0 Å². The Bertz CT molecular complexity index is 908. The van der Waals surface area contributed by atoms with Crippen molar-refractivity contribution in [2.75, 3.05) is 6.61 Å². The van der Waals surface area contributed by atoms with E-state index < -0.39 is 5.82 Å². The maximum Gasteiger partial charge on any atom is 0.261 e. The quantitative estimate of drug-likeness (QED) is 0.733. The van der Waals surface area contributed by atoms with Gasteiger partial charge in [0.25, 0.3) is 11.8 Å². The molecule has 0 spiro atoms. The number of nitrogens with one attached hydrogen (secondary N) is 1. The van der Waals surface area contributed by atoms with Crippen molar-refractivity contribution >= 4 is 5.91 Å². The molecule has 1 heterocycles. The third kappa shape index (κ3) is 4.24. The number of benzene rings is 2. The predicted molar refractivity (Wildman–Crippen MR) is 93.9 cm³/mol. The number of carbonyl (C=O) groups excluding carboxylic acids is 1. The van der Waals surface area contributed by atoms with Crippen LogP contribution in [-0.2, 0) is 4.79 Å². The standard InChI is InChI=1S/C19H18FN3O3/c1-12(2)21-17(24)11-25-14-7-5-6-13(10-14)18-22-19(26-23-18)15-8-3-4-9-16(15)20/h3-10,12H,11H2,1-2H3,(H,21,24). The van der Waals surface area contributed by atoms with Gasteiger partial charge in [-0.05, 0) is 38.1 Å². The molecule has 0 aliphatic carbocycles. The first-order valence-electron chi connectivity index (χ1n) is 8.14. The van der Waals surface area contributed by atoms with E-state index in [0.717, 1.165) is 0 Å². The summed E-state index contributed by atoms with van der Waals surface area (Å²) in [6, 6.07) is 13.2. The minimum atomic E-state index is -0.434. The van der Waals surface area contributed by atoms with E-state index in [2.05, 4.69) is 15.5 Å². The minimum absolute atomic E-state index is 0.0496. The molecule has 0 atom stereocenters. The van der Waals surface area contributed by atoms with Gasteiger partial charge in [0.05, 0.1) is 5.56 Å². The summed E-state index contributed by atoms with van der Waals surface area (Å²) in [7, 11) is 0. The van der Waals surface area contributed by atoms with Crippen LogP contribution >= 0.6 is 0 Å². The lowest BCUT2D eigenvalue weighted by molar-refractivity contribution is -0.123. The molecule has 0 saturated heterocycles. The van der Waals surface area contributed by atoms with Gasteiger partial charge in [0.2, 0.25) is 5.82 Å². The number of amides is 1. The highest BCUT2D eigenvalue weighted by Gasteiger charge is 2.14. The van der Waals surface area contributed by atoms with E-state index in [1.807, 2.05) is 13.8 Å². The number of halogens is 1. The van der Waals surface area contributed by atoms with Gasteiger partial charge in [0, 0.05) is 11.6 Å². The largest absolute Gasteiger partial charge is 0.484 e. The Morgan fingerprint density at radius 2 is 2.04 bits per heavy atom. The molecule has 3 aromatic rings. The molecular formula is C19H18FN3O3. The SMILES string of the molecule is CC(C)NC(=O)COc1cccc(-c2noc(-c3ccccc3F)n2)c1. The maximum absolute atomic E-state index is 13.8. The first-order valence-corrected chi connectivity index (χ1v) is 8.14. The average molecular weight is 355 g/mol. The van der Waals surface area contributed by atoms with Crippen LogP contribution in [0.3, 0.4) is 0 Å². The Kier molecular flexibility index (Phi) is 5.26. The Balaban J connectivity index is 1.75. The lowest BCUT2D eigenvalue weighted by Crippen LogP contribution is -2.34. The van der Waals surface area contributed by atoms with Crippen LogP contribution in [-0.4, -0.2) is 28.7 Å². The maximum atomic E-state index is 13.8. The van der Waals surface area contributed by atoms with Crippen molar-refractivity contribution in [3.63, 3.8) is 0 Å². The van der Waals surface area contributed by atoms with Gasteiger partial charge in [-0.3, -0.25) is 4.79 Å². The molecule has 26 heavy (non-hydrogen) atoms. The molecule has 0 saturated carbocycles. The van der Waals surface area contributed by atoms with Gasteiger partial charge in [-0.25, -0.2) is 4.39 Å². The average Bonchev–Trinajstić information content (AvgIpc) is 3.10. The normalized spacial score (nSPS) is 10.8.